The quantitative estimate of drug-likeness (QED) is 0.483. The van der Waals surface area contributed by atoms with Crippen molar-refractivity contribution < 1.29 is 14.3 Å². The minimum atomic E-state index is -1.08. The zero-order chi connectivity index (χ0) is 21.0. The third-order valence-corrected chi connectivity index (χ3v) is 6.29. The Bertz CT molecular complexity index is 1190. The number of hydrogen-bond donors (Lipinski definition) is 0. The number of carbonyl (C=O) groups excluding carboxylic acids is 1. The Balaban J connectivity index is 1.84. The van der Waals surface area contributed by atoms with Gasteiger partial charge in [-0.25, -0.2) is 4.79 Å². The summed E-state index contributed by atoms with van der Waals surface area (Å²) in [5.74, 6) is 1.05. The summed E-state index contributed by atoms with van der Waals surface area (Å²) in [5.41, 5.74) is 3.85. The average molecular weight is 420 g/mol. The van der Waals surface area contributed by atoms with E-state index in [-0.39, 0.29) is 5.97 Å². The van der Waals surface area contributed by atoms with Gasteiger partial charge in [-0.1, -0.05) is 29.8 Å². The van der Waals surface area contributed by atoms with Gasteiger partial charge in [0, 0.05) is 46.6 Å². The summed E-state index contributed by atoms with van der Waals surface area (Å²) >= 11 is 6.44. The first-order chi connectivity index (χ1) is 14.5. The van der Waals surface area contributed by atoms with E-state index in [1.165, 1.54) is 0 Å². The molecule has 0 amide bonds. The number of carbonyl (C=O) groups is 1. The summed E-state index contributed by atoms with van der Waals surface area (Å²) in [6.45, 7) is 8.00. The smallest absolute Gasteiger partial charge is 0.340 e. The van der Waals surface area contributed by atoms with E-state index in [9.17, 15) is 4.79 Å². The molecule has 4 nitrogen and oxygen atoms in total. The van der Waals surface area contributed by atoms with Crippen LogP contribution < -0.4 is 9.64 Å². The molecule has 0 bridgehead atoms. The molecule has 0 N–H and O–H groups in total. The predicted octanol–water partition coefficient (Wildman–Crippen LogP) is 6.06. The summed E-state index contributed by atoms with van der Waals surface area (Å²) in [6, 6.07) is 17.4. The fourth-order valence-electron chi connectivity index (χ4n) is 4.67. The molecule has 5 rings (SSSR count). The SMILES string of the molecule is CCN(CC)c1ccc2c(c1)Oc1c(C)cc(Cl)cc1C21OC(=O)c2ccccc21. The Morgan fingerprint density at radius 2 is 1.73 bits per heavy atom. The van der Waals surface area contributed by atoms with Crippen LogP contribution >= 0.6 is 11.6 Å². The second-order valence-electron chi connectivity index (χ2n) is 7.67. The molecule has 152 valence electrons. The summed E-state index contributed by atoms with van der Waals surface area (Å²) in [5, 5.41) is 0.581. The highest BCUT2D eigenvalue weighted by molar-refractivity contribution is 6.30. The van der Waals surface area contributed by atoms with Crippen LogP contribution in [0.1, 0.15) is 46.5 Å². The maximum Gasteiger partial charge on any atom is 0.340 e. The van der Waals surface area contributed by atoms with Gasteiger partial charge in [0.25, 0.3) is 0 Å². The molecule has 30 heavy (non-hydrogen) atoms. The summed E-state index contributed by atoms with van der Waals surface area (Å²) < 4.78 is 12.6. The highest BCUT2D eigenvalue weighted by Gasteiger charge is 2.53. The molecule has 3 aromatic carbocycles. The van der Waals surface area contributed by atoms with Crippen molar-refractivity contribution in [2.75, 3.05) is 18.0 Å². The number of ether oxygens (including phenoxy) is 2. The third kappa shape index (κ3) is 2.50. The van der Waals surface area contributed by atoms with Crippen LogP contribution in [0, 0.1) is 6.92 Å². The number of halogens is 1. The maximum absolute atomic E-state index is 12.9. The second-order valence-corrected chi connectivity index (χ2v) is 8.11. The largest absolute Gasteiger partial charge is 0.456 e. The van der Waals surface area contributed by atoms with Crippen LogP contribution in [-0.4, -0.2) is 19.1 Å². The normalized spacial score (nSPS) is 18.3. The third-order valence-electron chi connectivity index (χ3n) is 6.08. The van der Waals surface area contributed by atoms with Crippen molar-refractivity contribution in [1.82, 2.24) is 0 Å². The van der Waals surface area contributed by atoms with Crippen molar-refractivity contribution in [3.8, 4) is 11.5 Å². The molecule has 5 heteroatoms. The van der Waals surface area contributed by atoms with Gasteiger partial charge in [-0.3, -0.25) is 0 Å². The van der Waals surface area contributed by atoms with Crippen molar-refractivity contribution in [3.05, 3.63) is 87.4 Å². The molecular weight excluding hydrogens is 398 g/mol. The predicted molar refractivity (Wildman–Crippen MR) is 118 cm³/mol. The Hall–Kier alpha value is -2.98. The van der Waals surface area contributed by atoms with E-state index < -0.39 is 5.60 Å². The van der Waals surface area contributed by atoms with Crippen LogP contribution in [0.5, 0.6) is 11.5 Å². The summed E-state index contributed by atoms with van der Waals surface area (Å²) in [7, 11) is 0. The van der Waals surface area contributed by atoms with E-state index in [0.29, 0.717) is 22.1 Å². The molecule has 3 aromatic rings. The van der Waals surface area contributed by atoms with E-state index in [0.717, 1.165) is 41.0 Å². The topological polar surface area (TPSA) is 38.8 Å². The Kier molecular flexibility index (Phi) is 4.30. The van der Waals surface area contributed by atoms with Crippen LogP contribution in [0.2, 0.25) is 5.02 Å². The van der Waals surface area contributed by atoms with Gasteiger partial charge in [-0.15, -0.1) is 0 Å². The van der Waals surface area contributed by atoms with Crippen LogP contribution in [0.15, 0.2) is 54.6 Å². The molecule has 2 aliphatic rings. The molecule has 1 atom stereocenters. The van der Waals surface area contributed by atoms with Gasteiger partial charge < -0.3 is 14.4 Å². The van der Waals surface area contributed by atoms with Gasteiger partial charge in [-0.05, 0) is 56.7 Å². The number of anilines is 1. The van der Waals surface area contributed by atoms with E-state index >= 15 is 0 Å². The molecule has 1 spiro atoms. The first kappa shape index (κ1) is 19.0. The molecule has 0 fully saturated rings. The first-order valence-electron chi connectivity index (χ1n) is 10.2. The molecular formula is C25H22ClNO3. The average Bonchev–Trinajstić information content (AvgIpc) is 3.04. The number of rotatable bonds is 3. The Morgan fingerprint density at radius 1 is 0.967 bits per heavy atom. The van der Waals surface area contributed by atoms with Crippen molar-refractivity contribution >= 4 is 23.3 Å². The highest BCUT2D eigenvalue weighted by Crippen LogP contribution is 2.57. The summed E-state index contributed by atoms with van der Waals surface area (Å²) in [6.07, 6.45) is 0. The minimum Gasteiger partial charge on any atom is -0.456 e. The van der Waals surface area contributed by atoms with Crippen molar-refractivity contribution in [2.45, 2.75) is 26.4 Å². The monoisotopic (exact) mass is 419 g/mol. The number of hydrogen-bond acceptors (Lipinski definition) is 4. The Morgan fingerprint density at radius 3 is 2.50 bits per heavy atom. The van der Waals surface area contributed by atoms with Crippen LogP contribution in [0.3, 0.4) is 0 Å². The van der Waals surface area contributed by atoms with E-state index in [4.69, 9.17) is 21.1 Å². The number of aryl methyl sites for hydroxylation is 1. The maximum atomic E-state index is 12.9. The highest BCUT2D eigenvalue weighted by atomic mass is 35.5. The number of esters is 1. The lowest BCUT2D eigenvalue weighted by Crippen LogP contribution is -2.33. The van der Waals surface area contributed by atoms with E-state index in [1.54, 1.807) is 0 Å². The van der Waals surface area contributed by atoms with Gasteiger partial charge in [0.1, 0.15) is 11.5 Å². The van der Waals surface area contributed by atoms with Crippen LogP contribution in [0.4, 0.5) is 5.69 Å². The number of nitrogens with zero attached hydrogens (tertiary/aromatic N) is 1. The zero-order valence-electron chi connectivity index (χ0n) is 17.2. The van der Waals surface area contributed by atoms with E-state index in [1.807, 2.05) is 55.5 Å². The van der Waals surface area contributed by atoms with Crippen LogP contribution in [0.25, 0.3) is 0 Å². The van der Waals surface area contributed by atoms with E-state index in [2.05, 4.69) is 24.8 Å². The standard InChI is InChI=1S/C25H22ClNO3/c1-4-27(5-2)17-10-11-20-22(14-17)29-23-15(3)12-16(26)13-21(23)25(20)19-9-7-6-8-18(19)24(28)30-25/h6-14H,4-5H2,1-3H3. The Labute approximate surface area is 181 Å². The van der Waals surface area contributed by atoms with Gasteiger partial charge in [-0.2, -0.15) is 0 Å². The molecule has 0 aliphatic carbocycles. The molecule has 0 radical (unpaired) electrons. The van der Waals surface area contributed by atoms with Crippen molar-refractivity contribution in [2.24, 2.45) is 0 Å². The fourth-order valence-corrected chi connectivity index (χ4v) is 4.94. The van der Waals surface area contributed by atoms with Gasteiger partial charge in [0.05, 0.1) is 5.56 Å². The molecule has 1 unspecified atom stereocenters. The molecule has 0 aromatic heterocycles. The molecule has 0 saturated carbocycles. The van der Waals surface area contributed by atoms with Gasteiger partial charge in [0.2, 0.25) is 0 Å². The lowest BCUT2D eigenvalue weighted by atomic mass is 9.77. The minimum absolute atomic E-state index is 0.338. The lowest BCUT2D eigenvalue weighted by Gasteiger charge is -2.38. The molecule has 0 saturated heterocycles. The first-order valence-corrected chi connectivity index (χ1v) is 10.6. The number of benzene rings is 3. The van der Waals surface area contributed by atoms with Crippen LogP contribution in [-0.2, 0) is 10.3 Å². The van der Waals surface area contributed by atoms with Gasteiger partial charge >= 0.3 is 5.97 Å². The van der Waals surface area contributed by atoms with Crippen molar-refractivity contribution in [3.63, 3.8) is 0 Å². The number of fused-ring (bicyclic) bond motifs is 6. The molecule has 2 heterocycles. The fraction of sp³-hybridized carbons (Fsp3) is 0.240. The molecule has 2 aliphatic heterocycles. The van der Waals surface area contributed by atoms with Crippen molar-refractivity contribution in [1.29, 1.82) is 0 Å². The van der Waals surface area contributed by atoms with Gasteiger partial charge in [0.15, 0.2) is 5.60 Å². The zero-order valence-corrected chi connectivity index (χ0v) is 17.9. The second kappa shape index (κ2) is 6.78. The lowest BCUT2D eigenvalue weighted by molar-refractivity contribution is 0.0224. The summed E-state index contributed by atoms with van der Waals surface area (Å²) in [4.78, 5) is 15.2.